The molecule has 0 saturated heterocycles. The summed E-state index contributed by atoms with van der Waals surface area (Å²) in [5, 5.41) is 11.0. The van der Waals surface area contributed by atoms with Crippen molar-refractivity contribution in [2.24, 2.45) is 11.0 Å². The Balaban J connectivity index is 1.58. The van der Waals surface area contributed by atoms with Gasteiger partial charge in [-0.1, -0.05) is 38.1 Å². The first-order chi connectivity index (χ1) is 14.0. The average molecular weight is 390 g/mol. The zero-order chi connectivity index (χ0) is 20.6. The Hall–Kier alpha value is -3.41. The van der Waals surface area contributed by atoms with Crippen molar-refractivity contribution in [1.29, 1.82) is 0 Å². The molecule has 0 fully saturated rings. The van der Waals surface area contributed by atoms with E-state index < -0.39 is 0 Å². The van der Waals surface area contributed by atoms with E-state index in [1.165, 1.54) is 5.56 Å². The first-order valence-corrected chi connectivity index (χ1v) is 9.76. The smallest absolute Gasteiger partial charge is 0.289 e. The molecule has 0 radical (unpaired) electrons. The molecule has 0 atom stereocenters. The molecule has 3 aromatic rings. The van der Waals surface area contributed by atoms with Crippen LogP contribution in [0.4, 0.5) is 0 Å². The maximum absolute atomic E-state index is 12.3. The number of ether oxygens (including phenoxy) is 1. The van der Waals surface area contributed by atoms with Gasteiger partial charge >= 0.3 is 0 Å². The SMILES string of the molecule is CCOc1ccc(C=NNC(=O)c2cc(-c3ccc(CC(C)C)cc3)n[nH]2)cc1. The summed E-state index contributed by atoms with van der Waals surface area (Å²) in [4.78, 5) is 12.3. The van der Waals surface area contributed by atoms with E-state index >= 15 is 0 Å². The molecule has 1 aromatic heterocycles. The zero-order valence-corrected chi connectivity index (χ0v) is 17.0. The van der Waals surface area contributed by atoms with Crippen LogP contribution in [-0.4, -0.2) is 28.9 Å². The number of hydrogen-bond donors (Lipinski definition) is 2. The second-order valence-corrected chi connectivity index (χ2v) is 7.16. The quantitative estimate of drug-likeness (QED) is 0.441. The second kappa shape index (κ2) is 9.68. The number of aromatic nitrogens is 2. The minimum Gasteiger partial charge on any atom is -0.494 e. The highest BCUT2D eigenvalue weighted by molar-refractivity contribution is 5.94. The number of nitrogens with zero attached hydrogens (tertiary/aromatic N) is 2. The Morgan fingerprint density at radius 3 is 2.55 bits per heavy atom. The van der Waals surface area contributed by atoms with Gasteiger partial charge in [0.2, 0.25) is 0 Å². The van der Waals surface area contributed by atoms with Crippen molar-refractivity contribution in [3.8, 4) is 17.0 Å². The highest BCUT2D eigenvalue weighted by Crippen LogP contribution is 2.19. The van der Waals surface area contributed by atoms with Crippen LogP contribution in [0.2, 0.25) is 0 Å². The minimum absolute atomic E-state index is 0.345. The fraction of sp³-hybridized carbons (Fsp3) is 0.261. The molecule has 150 valence electrons. The van der Waals surface area contributed by atoms with Crippen molar-refractivity contribution >= 4 is 12.1 Å². The van der Waals surface area contributed by atoms with E-state index in [1.54, 1.807) is 12.3 Å². The fourth-order valence-corrected chi connectivity index (χ4v) is 2.91. The van der Waals surface area contributed by atoms with Gasteiger partial charge in [0.15, 0.2) is 0 Å². The number of carbonyl (C=O) groups excluding carboxylic acids is 1. The summed E-state index contributed by atoms with van der Waals surface area (Å²) in [5.74, 6) is 1.07. The molecule has 6 heteroatoms. The predicted molar refractivity (Wildman–Crippen MR) is 115 cm³/mol. The largest absolute Gasteiger partial charge is 0.494 e. The van der Waals surface area contributed by atoms with E-state index in [2.05, 4.69) is 46.7 Å². The first-order valence-electron chi connectivity index (χ1n) is 9.76. The lowest BCUT2D eigenvalue weighted by Gasteiger charge is -2.05. The van der Waals surface area contributed by atoms with E-state index in [0.717, 1.165) is 29.0 Å². The number of rotatable bonds is 8. The molecule has 0 aliphatic carbocycles. The van der Waals surface area contributed by atoms with Crippen molar-refractivity contribution in [3.63, 3.8) is 0 Å². The molecule has 1 amide bonds. The number of H-pyrrole nitrogens is 1. The maximum atomic E-state index is 12.3. The molecule has 2 N–H and O–H groups in total. The van der Waals surface area contributed by atoms with Gasteiger partial charge in [-0.25, -0.2) is 5.43 Å². The number of hydrazone groups is 1. The summed E-state index contributed by atoms with van der Waals surface area (Å²) in [6.45, 7) is 6.96. The number of amides is 1. The molecule has 6 nitrogen and oxygen atoms in total. The monoisotopic (exact) mass is 390 g/mol. The predicted octanol–water partition coefficient (Wildman–Crippen LogP) is 4.44. The number of aromatic amines is 1. The van der Waals surface area contributed by atoms with Crippen LogP contribution in [-0.2, 0) is 6.42 Å². The van der Waals surface area contributed by atoms with Crippen molar-refractivity contribution in [3.05, 3.63) is 71.4 Å². The third-order valence-corrected chi connectivity index (χ3v) is 4.29. The molecule has 0 bridgehead atoms. The van der Waals surface area contributed by atoms with E-state index in [1.807, 2.05) is 43.3 Å². The van der Waals surface area contributed by atoms with Crippen LogP contribution < -0.4 is 10.2 Å². The van der Waals surface area contributed by atoms with Crippen molar-refractivity contribution in [2.45, 2.75) is 27.2 Å². The van der Waals surface area contributed by atoms with Gasteiger partial charge < -0.3 is 4.74 Å². The molecule has 2 aromatic carbocycles. The topological polar surface area (TPSA) is 79.4 Å². The fourth-order valence-electron chi connectivity index (χ4n) is 2.91. The van der Waals surface area contributed by atoms with Crippen LogP contribution in [0, 0.1) is 5.92 Å². The van der Waals surface area contributed by atoms with Crippen molar-refractivity contribution in [2.75, 3.05) is 6.61 Å². The van der Waals surface area contributed by atoms with Crippen LogP contribution in [0.25, 0.3) is 11.3 Å². The lowest BCUT2D eigenvalue weighted by Crippen LogP contribution is -2.17. The molecule has 0 saturated carbocycles. The summed E-state index contributed by atoms with van der Waals surface area (Å²) in [6.07, 6.45) is 2.62. The Bertz CT molecular complexity index is 957. The molecular formula is C23H26N4O2. The van der Waals surface area contributed by atoms with Crippen LogP contribution in [0.15, 0.2) is 59.7 Å². The molecule has 1 heterocycles. The van der Waals surface area contributed by atoms with Crippen LogP contribution in [0.1, 0.15) is 42.4 Å². The number of carbonyl (C=O) groups is 1. The van der Waals surface area contributed by atoms with Crippen LogP contribution in [0.5, 0.6) is 5.75 Å². The molecule has 0 unspecified atom stereocenters. The molecular weight excluding hydrogens is 364 g/mol. The van der Waals surface area contributed by atoms with E-state index in [9.17, 15) is 4.79 Å². The van der Waals surface area contributed by atoms with Gasteiger partial charge in [-0.05, 0) is 60.7 Å². The average Bonchev–Trinajstić information content (AvgIpc) is 3.20. The molecule has 0 aliphatic heterocycles. The van der Waals surface area contributed by atoms with Gasteiger partial charge in [-0.15, -0.1) is 0 Å². The standard InChI is InChI=1S/C23H26N4O2/c1-4-29-20-11-7-18(8-12-20)15-24-27-23(28)22-14-21(25-26-22)19-9-5-17(6-10-19)13-16(2)3/h5-12,14-16H,4,13H2,1-3H3,(H,25,26)(H,27,28). The summed E-state index contributed by atoms with van der Waals surface area (Å²) >= 11 is 0. The minimum atomic E-state index is -0.345. The Morgan fingerprint density at radius 2 is 1.90 bits per heavy atom. The van der Waals surface area contributed by atoms with Crippen molar-refractivity contribution in [1.82, 2.24) is 15.6 Å². The second-order valence-electron chi connectivity index (χ2n) is 7.16. The molecule has 0 spiro atoms. The third kappa shape index (κ3) is 5.78. The van der Waals surface area contributed by atoms with Gasteiger partial charge in [0, 0.05) is 5.56 Å². The van der Waals surface area contributed by atoms with Crippen molar-refractivity contribution < 1.29 is 9.53 Å². The summed E-state index contributed by atoms with van der Waals surface area (Å²) in [6, 6.07) is 17.4. The Labute approximate surface area is 171 Å². The summed E-state index contributed by atoms with van der Waals surface area (Å²) < 4.78 is 5.40. The Morgan fingerprint density at radius 1 is 1.17 bits per heavy atom. The van der Waals surface area contributed by atoms with Crippen LogP contribution in [0.3, 0.4) is 0 Å². The van der Waals surface area contributed by atoms with E-state index in [0.29, 0.717) is 18.2 Å². The normalized spacial score (nSPS) is 11.2. The lowest BCUT2D eigenvalue weighted by atomic mass is 10.0. The van der Waals surface area contributed by atoms with E-state index in [4.69, 9.17) is 4.74 Å². The van der Waals surface area contributed by atoms with Gasteiger partial charge in [0.25, 0.3) is 5.91 Å². The maximum Gasteiger partial charge on any atom is 0.289 e. The number of benzene rings is 2. The van der Waals surface area contributed by atoms with E-state index in [-0.39, 0.29) is 5.91 Å². The van der Waals surface area contributed by atoms with Crippen LogP contribution >= 0.6 is 0 Å². The van der Waals surface area contributed by atoms with Gasteiger partial charge in [-0.3, -0.25) is 9.89 Å². The number of hydrogen-bond acceptors (Lipinski definition) is 4. The van der Waals surface area contributed by atoms with Gasteiger partial charge in [0.1, 0.15) is 11.4 Å². The third-order valence-electron chi connectivity index (χ3n) is 4.29. The first kappa shape index (κ1) is 20.3. The van der Waals surface area contributed by atoms with Gasteiger partial charge in [-0.2, -0.15) is 10.2 Å². The Kier molecular flexibility index (Phi) is 6.79. The van der Waals surface area contributed by atoms with Gasteiger partial charge in [0.05, 0.1) is 18.5 Å². The summed E-state index contributed by atoms with van der Waals surface area (Å²) in [5.41, 5.74) is 6.71. The number of nitrogens with one attached hydrogen (secondary N) is 2. The lowest BCUT2D eigenvalue weighted by molar-refractivity contribution is 0.0950. The summed E-state index contributed by atoms with van der Waals surface area (Å²) in [7, 11) is 0. The zero-order valence-electron chi connectivity index (χ0n) is 17.0. The molecule has 0 aliphatic rings. The molecule has 29 heavy (non-hydrogen) atoms. The molecule has 3 rings (SSSR count). The highest BCUT2D eigenvalue weighted by atomic mass is 16.5. The highest BCUT2D eigenvalue weighted by Gasteiger charge is 2.10.